The summed E-state index contributed by atoms with van der Waals surface area (Å²) in [5, 5.41) is 41.0. The third kappa shape index (κ3) is 5.25. The Kier molecular flexibility index (Phi) is 7.13. The highest BCUT2D eigenvalue weighted by Gasteiger charge is 2.39. The van der Waals surface area contributed by atoms with E-state index in [1.807, 2.05) is 0 Å². The molecule has 4 heterocycles. The predicted molar refractivity (Wildman–Crippen MR) is 149 cm³/mol. The number of piperazine rings is 1. The van der Waals surface area contributed by atoms with E-state index in [9.17, 15) is 20.4 Å². The molecular weight excluding hydrogens is 550 g/mol. The lowest BCUT2D eigenvalue weighted by Gasteiger charge is -2.40. The minimum atomic E-state index is -0.657. The van der Waals surface area contributed by atoms with Crippen molar-refractivity contribution in [3.8, 4) is 12.1 Å². The Morgan fingerprint density at radius 3 is 2.61 bits per heavy atom. The van der Waals surface area contributed by atoms with Crippen molar-refractivity contribution in [2.24, 2.45) is 0 Å². The van der Waals surface area contributed by atoms with Gasteiger partial charge in [-0.1, -0.05) is 11.6 Å². The van der Waals surface area contributed by atoms with Crippen molar-refractivity contribution >= 4 is 46.6 Å². The highest BCUT2D eigenvalue weighted by Crippen LogP contribution is 2.37. The Balaban J connectivity index is 1.23. The standard InChI is InChI=1S/C26H28ClN11O3/c1-41-26(40)37-13-20(21(39)14-37)36-6-4-35(5-7-36)19-9-15(10-28)8-18(22(19)27)32-24-33-23-16(11-29)12-30-38(23)25(34-24)31-17-2-3-17/h8-9,12,17,20-21,39H,2-7,13-14H2,1H3,(H2,31,32,33,34)/t20-,21-/m1/s1. The molecule has 2 atom stereocenters. The molecule has 3 aliphatic rings. The number of likely N-dealkylation sites (tertiary alicyclic amines) is 1. The molecular formula is C26H28ClN11O3. The van der Waals surface area contributed by atoms with Gasteiger partial charge in [0.15, 0.2) is 5.65 Å². The van der Waals surface area contributed by atoms with Crippen molar-refractivity contribution in [3.05, 3.63) is 34.5 Å². The van der Waals surface area contributed by atoms with Crippen LogP contribution in [0.1, 0.15) is 24.0 Å². The fourth-order valence-corrected chi connectivity index (χ4v) is 5.61. The molecule has 1 aromatic carbocycles. The quantitative estimate of drug-likeness (QED) is 0.388. The number of anilines is 4. The number of methoxy groups -OCH3 is 1. The largest absolute Gasteiger partial charge is 0.453 e. The number of hydrogen-bond acceptors (Lipinski definition) is 12. The molecule has 2 aliphatic heterocycles. The van der Waals surface area contributed by atoms with Crippen LogP contribution in [0.25, 0.3) is 5.65 Å². The lowest BCUT2D eigenvalue weighted by molar-refractivity contribution is 0.0790. The maximum Gasteiger partial charge on any atom is 0.409 e. The summed E-state index contributed by atoms with van der Waals surface area (Å²) in [5.74, 6) is 0.682. The van der Waals surface area contributed by atoms with Gasteiger partial charge < -0.3 is 30.3 Å². The molecule has 14 nitrogen and oxygen atoms in total. The number of hydrogen-bond donors (Lipinski definition) is 3. The van der Waals surface area contributed by atoms with Crippen LogP contribution in [0, 0.1) is 22.7 Å². The van der Waals surface area contributed by atoms with Gasteiger partial charge in [0.25, 0.3) is 0 Å². The van der Waals surface area contributed by atoms with Gasteiger partial charge in [-0.2, -0.15) is 30.1 Å². The van der Waals surface area contributed by atoms with E-state index < -0.39 is 12.2 Å². The molecule has 3 N–H and O–H groups in total. The Morgan fingerprint density at radius 2 is 1.93 bits per heavy atom. The molecule has 3 aromatic rings. The number of carbonyl (C=O) groups is 1. The average Bonchev–Trinajstić information content (AvgIpc) is 3.57. The highest BCUT2D eigenvalue weighted by molar-refractivity contribution is 6.36. The van der Waals surface area contributed by atoms with Gasteiger partial charge in [-0.15, -0.1) is 0 Å². The molecule has 2 aromatic heterocycles. The van der Waals surface area contributed by atoms with Crippen LogP contribution < -0.4 is 15.5 Å². The first-order valence-electron chi connectivity index (χ1n) is 13.3. The monoisotopic (exact) mass is 577 g/mol. The second-order valence-electron chi connectivity index (χ2n) is 10.3. The van der Waals surface area contributed by atoms with Crippen LogP contribution >= 0.6 is 11.6 Å². The van der Waals surface area contributed by atoms with Crippen LogP contribution in [0.4, 0.5) is 28.1 Å². The topological polar surface area (TPSA) is 171 Å². The van der Waals surface area contributed by atoms with Gasteiger partial charge in [-0.3, -0.25) is 4.90 Å². The van der Waals surface area contributed by atoms with Crippen molar-refractivity contribution in [2.45, 2.75) is 31.0 Å². The number of aromatic nitrogens is 4. The molecule has 1 aliphatic carbocycles. The molecule has 15 heteroatoms. The van der Waals surface area contributed by atoms with Gasteiger partial charge in [0, 0.05) is 38.8 Å². The molecule has 1 amide bonds. The number of nitrogens with one attached hydrogen (secondary N) is 2. The summed E-state index contributed by atoms with van der Waals surface area (Å²) >= 11 is 6.90. The summed E-state index contributed by atoms with van der Waals surface area (Å²) in [5.41, 5.74) is 2.23. The normalized spacial score (nSPS) is 21.0. The van der Waals surface area contributed by atoms with E-state index in [-0.39, 0.29) is 18.5 Å². The van der Waals surface area contributed by atoms with Crippen LogP contribution in [0.3, 0.4) is 0 Å². The van der Waals surface area contributed by atoms with Crippen molar-refractivity contribution in [1.29, 1.82) is 10.5 Å². The molecule has 0 bridgehead atoms. The molecule has 2 saturated heterocycles. The third-order valence-electron chi connectivity index (χ3n) is 7.64. The number of β-amino-alcohol motifs (C(OH)–C–C–N with tert-alkyl or cyclic N) is 1. The number of nitrogens with zero attached hydrogens (tertiary/aromatic N) is 9. The summed E-state index contributed by atoms with van der Waals surface area (Å²) in [7, 11) is 1.33. The lowest BCUT2D eigenvalue weighted by atomic mass is 10.1. The Labute approximate surface area is 240 Å². The summed E-state index contributed by atoms with van der Waals surface area (Å²) < 4.78 is 6.31. The van der Waals surface area contributed by atoms with Gasteiger partial charge in [0.2, 0.25) is 11.9 Å². The van der Waals surface area contributed by atoms with Crippen LogP contribution in [-0.2, 0) is 4.74 Å². The van der Waals surface area contributed by atoms with Gasteiger partial charge in [-0.05, 0) is 25.0 Å². The SMILES string of the molecule is COC(=O)N1C[C@@H](O)[C@H](N2CCN(c3cc(C#N)cc(Nc4nc(NC5CC5)n5ncc(C#N)c5n4)c3Cl)CC2)C1. The number of fused-ring (bicyclic) bond motifs is 1. The smallest absolute Gasteiger partial charge is 0.409 e. The van der Waals surface area contributed by atoms with E-state index in [0.717, 1.165) is 12.8 Å². The van der Waals surface area contributed by atoms with Crippen molar-refractivity contribution in [3.63, 3.8) is 0 Å². The Morgan fingerprint density at radius 1 is 1.15 bits per heavy atom. The van der Waals surface area contributed by atoms with Crippen molar-refractivity contribution in [1.82, 2.24) is 29.4 Å². The molecule has 0 radical (unpaired) electrons. The summed E-state index contributed by atoms with van der Waals surface area (Å²) in [4.78, 5) is 26.8. The van der Waals surface area contributed by atoms with E-state index in [1.165, 1.54) is 22.7 Å². The number of halogens is 1. The zero-order valence-corrected chi connectivity index (χ0v) is 23.0. The highest BCUT2D eigenvalue weighted by atomic mass is 35.5. The van der Waals surface area contributed by atoms with Crippen molar-refractivity contribution < 1.29 is 14.6 Å². The number of aliphatic hydroxyl groups is 1. The Bertz CT molecular complexity index is 1570. The number of benzene rings is 1. The first-order valence-corrected chi connectivity index (χ1v) is 13.7. The van der Waals surface area contributed by atoms with Crippen LogP contribution in [0.2, 0.25) is 5.02 Å². The van der Waals surface area contributed by atoms with Gasteiger partial charge >= 0.3 is 6.09 Å². The van der Waals surface area contributed by atoms with Gasteiger partial charge in [0.05, 0.1) is 60.0 Å². The third-order valence-corrected chi connectivity index (χ3v) is 8.04. The first-order chi connectivity index (χ1) is 19.9. The van der Waals surface area contributed by atoms with E-state index in [0.29, 0.717) is 77.9 Å². The minimum Gasteiger partial charge on any atom is -0.453 e. The molecule has 41 heavy (non-hydrogen) atoms. The lowest BCUT2D eigenvalue weighted by Crippen LogP contribution is -2.54. The molecule has 3 fully saturated rings. The van der Waals surface area contributed by atoms with E-state index in [4.69, 9.17) is 16.3 Å². The predicted octanol–water partition coefficient (Wildman–Crippen LogP) is 1.77. The number of ether oxygens (including phenoxy) is 1. The van der Waals surface area contributed by atoms with Gasteiger partial charge in [-0.25, -0.2) is 4.79 Å². The minimum absolute atomic E-state index is 0.179. The van der Waals surface area contributed by atoms with Crippen LogP contribution in [-0.4, -0.2) is 105 Å². The number of rotatable bonds is 6. The fourth-order valence-electron chi connectivity index (χ4n) is 5.33. The van der Waals surface area contributed by atoms with E-state index in [1.54, 1.807) is 12.1 Å². The summed E-state index contributed by atoms with van der Waals surface area (Å²) in [6.45, 7) is 3.13. The molecule has 1 saturated carbocycles. The maximum absolute atomic E-state index is 11.9. The zero-order valence-electron chi connectivity index (χ0n) is 22.3. The average molecular weight is 578 g/mol. The second-order valence-corrected chi connectivity index (χ2v) is 10.7. The first kappa shape index (κ1) is 26.8. The molecule has 0 unspecified atom stereocenters. The molecule has 212 valence electrons. The summed E-state index contributed by atoms with van der Waals surface area (Å²) in [6, 6.07) is 7.81. The number of carbonyl (C=O) groups excluding carboxylic acids is 1. The fraction of sp³-hybridized carbons (Fsp3) is 0.462. The zero-order chi connectivity index (χ0) is 28.7. The van der Waals surface area contributed by atoms with E-state index >= 15 is 0 Å². The molecule has 0 spiro atoms. The van der Waals surface area contributed by atoms with Gasteiger partial charge in [0.1, 0.15) is 11.6 Å². The van der Waals surface area contributed by atoms with E-state index in [2.05, 4.69) is 47.6 Å². The maximum atomic E-state index is 11.9. The number of aliphatic hydroxyl groups excluding tert-OH is 1. The van der Waals surface area contributed by atoms with Crippen molar-refractivity contribution in [2.75, 3.05) is 61.9 Å². The number of amides is 1. The Hall–Kier alpha value is -4.37. The van der Waals surface area contributed by atoms with Crippen LogP contribution in [0.15, 0.2) is 18.3 Å². The number of nitriles is 2. The second kappa shape index (κ2) is 10.9. The summed E-state index contributed by atoms with van der Waals surface area (Å²) in [6.07, 6.45) is 2.40. The molecule has 6 rings (SSSR count). The van der Waals surface area contributed by atoms with Crippen LogP contribution in [0.5, 0.6) is 0 Å².